The van der Waals surface area contributed by atoms with Gasteiger partial charge in [0.2, 0.25) is 0 Å². The number of hydrogen-bond acceptors (Lipinski definition) is 3. The number of benzene rings is 1. The molecule has 1 heterocycles. The van der Waals surface area contributed by atoms with E-state index in [0.717, 1.165) is 0 Å². The van der Waals surface area contributed by atoms with Gasteiger partial charge in [-0.05, 0) is 24.3 Å². The number of nitrogens with zero attached hydrogens (tertiary/aromatic N) is 1. The highest BCUT2D eigenvalue weighted by Crippen LogP contribution is 2.23. The number of hydrogen-bond donors (Lipinski definition) is 1. The topological polar surface area (TPSA) is 48.1 Å². The summed E-state index contributed by atoms with van der Waals surface area (Å²) in [6, 6.07) is 10.6. The lowest BCUT2D eigenvalue weighted by Crippen LogP contribution is -2.01. The van der Waals surface area contributed by atoms with Crippen LogP contribution in [0.25, 0.3) is 0 Å². The Balaban J connectivity index is 2.12. The van der Waals surface area contributed by atoms with Gasteiger partial charge in [-0.1, -0.05) is 35.3 Å². The maximum absolute atomic E-state index is 5.97. The summed E-state index contributed by atoms with van der Waals surface area (Å²) in [6.45, 7) is 0.230. The number of aromatic nitrogens is 1. The Bertz CT molecular complexity index is 532. The Kier molecular flexibility index (Phi) is 3.71. The zero-order chi connectivity index (χ0) is 12.3. The highest BCUT2D eigenvalue weighted by atomic mass is 35.5. The lowest BCUT2D eigenvalue weighted by molar-refractivity contribution is 0.303. The second-order valence-corrected chi connectivity index (χ2v) is 4.18. The maximum Gasteiger partial charge on any atom is 0.142 e. The van der Waals surface area contributed by atoms with Crippen molar-refractivity contribution in [2.45, 2.75) is 6.61 Å². The minimum Gasteiger partial charge on any atom is -0.485 e. The van der Waals surface area contributed by atoms with Gasteiger partial charge in [0, 0.05) is 0 Å². The average molecular weight is 269 g/mol. The number of anilines is 1. The van der Waals surface area contributed by atoms with Crippen LogP contribution in [0.4, 0.5) is 5.69 Å². The fourth-order valence-electron chi connectivity index (χ4n) is 1.32. The number of nitrogens with two attached hydrogens (primary N) is 1. The van der Waals surface area contributed by atoms with Gasteiger partial charge in [0.1, 0.15) is 17.5 Å². The number of nitrogen functional groups attached to an aromatic ring is 1. The van der Waals surface area contributed by atoms with Crippen LogP contribution in [0.1, 0.15) is 5.69 Å². The molecule has 0 amide bonds. The average Bonchev–Trinajstić information content (AvgIpc) is 2.32. The van der Waals surface area contributed by atoms with Gasteiger partial charge in [-0.2, -0.15) is 0 Å². The van der Waals surface area contributed by atoms with E-state index in [1.165, 1.54) is 0 Å². The molecule has 1 aromatic carbocycles. The smallest absolute Gasteiger partial charge is 0.142 e. The molecule has 0 radical (unpaired) electrons. The lowest BCUT2D eigenvalue weighted by Gasteiger charge is -2.09. The summed E-state index contributed by atoms with van der Waals surface area (Å²) in [5.41, 5.74) is 6.91. The van der Waals surface area contributed by atoms with Crippen LogP contribution in [-0.2, 0) is 6.61 Å². The molecular weight excluding hydrogens is 259 g/mol. The first-order valence-electron chi connectivity index (χ1n) is 4.95. The molecule has 2 N–H and O–H groups in total. The van der Waals surface area contributed by atoms with Gasteiger partial charge in [0.25, 0.3) is 0 Å². The lowest BCUT2D eigenvalue weighted by atomic mass is 10.3. The zero-order valence-corrected chi connectivity index (χ0v) is 10.4. The van der Waals surface area contributed by atoms with E-state index in [1.54, 1.807) is 24.3 Å². The molecular formula is C12H10Cl2N2O. The van der Waals surface area contributed by atoms with Gasteiger partial charge in [-0.15, -0.1) is 0 Å². The van der Waals surface area contributed by atoms with Gasteiger partial charge in [0.05, 0.1) is 16.4 Å². The maximum atomic E-state index is 5.97. The molecule has 0 unspecified atom stereocenters. The molecule has 88 valence electrons. The standard InChI is InChI=1S/C12H10Cl2N2O/c13-8-5-6-12(14)16-10(8)7-17-11-4-2-1-3-9(11)15/h1-6H,7,15H2. The predicted molar refractivity (Wildman–Crippen MR) is 69.4 cm³/mol. The van der Waals surface area contributed by atoms with Crippen molar-refractivity contribution >= 4 is 28.9 Å². The molecule has 2 rings (SSSR count). The highest BCUT2D eigenvalue weighted by molar-refractivity contribution is 6.32. The van der Waals surface area contributed by atoms with E-state index < -0.39 is 0 Å². The molecule has 5 heteroatoms. The highest BCUT2D eigenvalue weighted by Gasteiger charge is 2.05. The monoisotopic (exact) mass is 268 g/mol. The van der Waals surface area contributed by atoms with E-state index >= 15 is 0 Å². The molecule has 2 aromatic rings. The molecule has 0 atom stereocenters. The van der Waals surface area contributed by atoms with Crippen molar-refractivity contribution in [1.29, 1.82) is 0 Å². The van der Waals surface area contributed by atoms with Gasteiger partial charge < -0.3 is 10.5 Å². The van der Waals surface area contributed by atoms with E-state index in [1.807, 2.05) is 12.1 Å². The van der Waals surface area contributed by atoms with Crippen molar-refractivity contribution in [3.8, 4) is 5.75 Å². The number of halogens is 2. The minimum atomic E-state index is 0.230. The van der Waals surface area contributed by atoms with Crippen LogP contribution in [0.2, 0.25) is 10.2 Å². The summed E-state index contributed by atoms with van der Waals surface area (Å²) < 4.78 is 5.53. The van der Waals surface area contributed by atoms with Crippen molar-refractivity contribution in [2.75, 3.05) is 5.73 Å². The third-order valence-corrected chi connectivity index (χ3v) is 2.72. The largest absolute Gasteiger partial charge is 0.485 e. The van der Waals surface area contributed by atoms with Crippen LogP contribution >= 0.6 is 23.2 Å². The Morgan fingerprint density at radius 2 is 1.88 bits per heavy atom. The molecule has 0 saturated carbocycles. The van der Waals surface area contributed by atoms with E-state index in [9.17, 15) is 0 Å². The minimum absolute atomic E-state index is 0.230. The van der Waals surface area contributed by atoms with Crippen molar-refractivity contribution in [3.63, 3.8) is 0 Å². The first kappa shape index (κ1) is 12.0. The Morgan fingerprint density at radius 1 is 1.12 bits per heavy atom. The van der Waals surface area contributed by atoms with E-state index in [-0.39, 0.29) is 6.61 Å². The number of pyridine rings is 1. The summed E-state index contributed by atoms with van der Waals surface area (Å²) in [4.78, 5) is 4.09. The molecule has 0 bridgehead atoms. The van der Waals surface area contributed by atoms with Crippen molar-refractivity contribution in [3.05, 3.63) is 52.3 Å². The van der Waals surface area contributed by atoms with Crippen molar-refractivity contribution < 1.29 is 4.74 Å². The quantitative estimate of drug-likeness (QED) is 0.684. The van der Waals surface area contributed by atoms with Crippen LogP contribution in [-0.4, -0.2) is 4.98 Å². The first-order valence-corrected chi connectivity index (χ1v) is 5.70. The molecule has 0 saturated heterocycles. The van der Waals surface area contributed by atoms with Gasteiger partial charge in [0.15, 0.2) is 0 Å². The predicted octanol–water partition coefficient (Wildman–Crippen LogP) is 3.55. The van der Waals surface area contributed by atoms with Gasteiger partial charge >= 0.3 is 0 Å². The normalized spacial score (nSPS) is 10.2. The first-order chi connectivity index (χ1) is 8.16. The summed E-state index contributed by atoms with van der Waals surface area (Å²) >= 11 is 11.7. The van der Waals surface area contributed by atoms with Crippen molar-refractivity contribution in [2.24, 2.45) is 0 Å². The van der Waals surface area contributed by atoms with E-state index in [0.29, 0.717) is 27.3 Å². The molecule has 3 nitrogen and oxygen atoms in total. The van der Waals surface area contributed by atoms with Crippen LogP contribution in [0.5, 0.6) is 5.75 Å². The van der Waals surface area contributed by atoms with Crippen LogP contribution in [0.15, 0.2) is 36.4 Å². The van der Waals surface area contributed by atoms with Gasteiger partial charge in [-0.25, -0.2) is 4.98 Å². The second-order valence-electron chi connectivity index (χ2n) is 3.39. The van der Waals surface area contributed by atoms with Crippen LogP contribution in [0.3, 0.4) is 0 Å². The van der Waals surface area contributed by atoms with Crippen molar-refractivity contribution in [1.82, 2.24) is 4.98 Å². The summed E-state index contributed by atoms with van der Waals surface area (Å²) in [6.07, 6.45) is 0. The molecule has 0 aliphatic heterocycles. The Morgan fingerprint density at radius 3 is 2.65 bits per heavy atom. The number of para-hydroxylation sites is 2. The third kappa shape index (κ3) is 3.02. The molecule has 17 heavy (non-hydrogen) atoms. The Labute approximate surface area is 109 Å². The molecule has 0 aliphatic carbocycles. The van der Waals surface area contributed by atoms with E-state index in [2.05, 4.69) is 4.98 Å². The molecule has 0 fully saturated rings. The van der Waals surface area contributed by atoms with Crippen LogP contribution in [0, 0.1) is 0 Å². The number of rotatable bonds is 3. The fraction of sp³-hybridized carbons (Fsp3) is 0.0833. The third-order valence-electron chi connectivity index (χ3n) is 2.17. The summed E-state index contributed by atoms with van der Waals surface area (Å²) in [5, 5.41) is 0.901. The zero-order valence-electron chi connectivity index (χ0n) is 8.86. The summed E-state index contributed by atoms with van der Waals surface area (Å²) in [5.74, 6) is 0.602. The van der Waals surface area contributed by atoms with Crippen LogP contribution < -0.4 is 10.5 Å². The SMILES string of the molecule is Nc1ccccc1OCc1nc(Cl)ccc1Cl. The van der Waals surface area contributed by atoms with Gasteiger partial charge in [-0.3, -0.25) is 0 Å². The fourth-order valence-corrected chi connectivity index (χ4v) is 1.64. The molecule has 1 aromatic heterocycles. The number of ether oxygens (including phenoxy) is 1. The molecule has 0 spiro atoms. The summed E-state index contributed by atoms with van der Waals surface area (Å²) in [7, 11) is 0. The Hall–Kier alpha value is -1.45. The second kappa shape index (κ2) is 5.25. The van der Waals surface area contributed by atoms with E-state index in [4.69, 9.17) is 33.7 Å². The molecule has 0 aliphatic rings.